The van der Waals surface area contributed by atoms with Gasteiger partial charge in [-0.3, -0.25) is 0 Å². The third-order valence-electron chi connectivity index (χ3n) is 1.58. The Morgan fingerprint density at radius 2 is 1.91 bits per heavy atom. The Kier molecular flexibility index (Phi) is 2.12. The van der Waals surface area contributed by atoms with Crippen LogP contribution in [0, 0.1) is 0 Å². The molecule has 0 fully saturated rings. The van der Waals surface area contributed by atoms with Crippen LogP contribution in [0.1, 0.15) is 5.56 Å². The average Bonchev–Trinajstić information content (AvgIpc) is 2.28. The second-order valence-corrected chi connectivity index (χ2v) is 5.05. The standard InChI is InChI=1S/C10H8Te/c1-2-7-10-9(5-1)6-3-4-8-11-10/h1-8H. The van der Waals surface area contributed by atoms with Crippen LogP contribution < -0.4 is 3.61 Å². The van der Waals surface area contributed by atoms with E-state index >= 15 is 0 Å². The van der Waals surface area contributed by atoms with Crippen molar-refractivity contribution in [2.45, 2.75) is 0 Å². The summed E-state index contributed by atoms with van der Waals surface area (Å²) in [4.78, 5) is 0. The van der Waals surface area contributed by atoms with Crippen molar-refractivity contribution < 1.29 is 0 Å². The quantitative estimate of drug-likeness (QED) is 0.618. The van der Waals surface area contributed by atoms with E-state index in [4.69, 9.17) is 0 Å². The first-order chi connectivity index (χ1) is 5.47. The van der Waals surface area contributed by atoms with E-state index in [-0.39, 0.29) is 20.9 Å². The predicted octanol–water partition coefficient (Wildman–Crippen LogP) is 1.56. The number of rotatable bonds is 0. The maximum atomic E-state index is 2.31. The fraction of sp³-hybridized carbons (Fsp3) is 0. The SMILES string of the molecule is C1=C[Te]c2ccccc2C=C1. The Labute approximate surface area is 76.7 Å². The zero-order valence-corrected chi connectivity index (χ0v) is 8.36. The van der Waals surface area contributed by atoms with Crippen molar-refractivity contribution in [1.29, 1.82) is 0 Å². The fourth-order valence-corrected chi connectivity index (χ4v) is 3.17. The Bertz CT molecular complexity index is 310. The number of allylic oxidation sites excluding steroid dienone is 2. The second kappa shape index (κ2) is 3.26. The summed E-state index contributed by atoms with van der Waals surface area (Å²) in [7, 11) is 0. The van der Waals surface area contributed by atoms with E-state index in [0.717, 1.165) is 0 Å². The summed E-state index contributed by atoms with van der Waals surface area (Å²) < 4.78 is 3.86. The molecular weight excluding hydrogens is 248 g/mol. The van der Waals surface area contributed by atoms with Crippen LogP contribution in [0.4, 0.5) is 0 Å². The van der Waals surface area contributed by atoms with Crippen molar-refractivity contribution >= 4 is 30.6 Å². The summed E-state index contributed by atoms with van der Waals surface area (Å²) in [5, 5.41) is 0. The molecule has 0 spiro atoms. The molecule has 11 heavy (non-hydrogen) atoms. The fourth-order valence-electron chi connectivity index (χ4n) is 1.04. The van der Waals surface area contributed by atoms with Gasteiger partial charge in [-0.25, -0.2) is 0 Å². The van der Waals surface area contributed by atoms with Crippen LogP contribution in [0.2, 0.25) is 0 Å². The molecule has 0 aliphatic carbocycles. The predicted molar refractivity (Wildman–Crippen MR) is 50.0 cm³/mol. The van der Waals surface area contributed by atoms with Gasteiger partial charge in [0.25, 0.3) is 0 Å². The molecular formula is C10H8Te. The van der Waals surface area contributed by atoms with Crippen molar-refractivity contribution in [3.63, 3.8) is 0 Å². The third-order valence-corrected chi connectivity index (χ3v) is 4.20. The molecule has 2 rings (SSSR count). The molecule has 0 N–H and O–H groups in total. The Morgan fingerprint density at radius 1 is 1.00 bits per heavy atom. The first-order valence-electron chi connectivity index (χ1n) is 3.56. The van der Waals surface area contributed by atoms with Crippen molar-refractivity contribution in [2.75, 3.05) is 0 Å². The van der Waals surface area contributed by atoms with Gasteiger partial charge in [0, 0.05) is 0 Å². The number of fused-ring (bicyclic) bond motifs is 1. The summed E-state index contributed by atoms with van der Waals surface area (Å²) >= 11 is -0.0454. The molecule has 0 aromatic heterocycles. The molecule has 0 amide bonds. The normalized spacial score (nSPS) is 14.2. The third kappa shape index (κ3) is 1.56. The van der Waals surface area contributed by atoms with Crippen LogP contribution in [0.15, 0.2) is 40.5 Å². The van der Waals surface area contributed by atoms with E-state index in [1.165, 1.54) is 5.56 Å². The van der Waals surface area contributed by atoms with Gasteiger partial charge >= 0.3 is 76.7 Å². The van der Waals surface area contributed by atoms with E-state index < -0.39 is 0 Å². The maximum absolute atomic E-state index is 2.31. The van der Waals surface area contributed by atoms with E-state index in [1.54, 1.807) is 3.61 Å². The zero-order valence-electron chi connectivity index (χ0n) is 6.03. The van der Waals surface area contributed by atoms with Crippen molar-refractivity contribution in [2.24, 2.45) is 0 Å². The van der Waals surface area contributed by atoms with Gasteiger partial charge in [-0.05, 0) is 0 Å². The van der Waals surface area contributed by atoms with E-state index in [1.807, 2.05) is 0 Å². The monoisotopic (exact) mass is 258 g/mol. The van der Waals surface area contributed by atoms with Gasteiger partial charge in [0.2, 0.25) is 0 Å². The first-order valence-corrected chi connectivity index (χ1v) is 6.07. The topological polar surface area (TPSA) is 0 Å². The molecule has 0 unspecified atom stereocenters. The molecule has 0 bridgehead atoms. The summed E-state index contributed by atoms with van der Waals surface area (Å²) in [6, 6.07) is 8.64. The summed E-state index contributed by atoms with van der Waals surface area (Å²) in [5.41, 5.74) is 1.40. The number of benzene rings is 1. The summed E-state index contributed by atoms with van der Waals surface area (Å²) in [6.45, 7) is 0. The molecule has 0 saturated carbocycles. The van der Waals surface area contributed by atoms with Crippen LogP contribution in [0.25, 0.3) is 6.08 Å². The minimum atomic E-state index is -0.0454. The Morgan fingerprint density at radius 3 is 2.91 bits per heavy atom. The van der Waals surface area contributed by atoms with Crippen molar-refractivity contribution in [3.8, 4) is 0 Å². The average molecular weight is 256 g/mol. The molecule has 1 heteroatoms. The van der Waals surface area contributed by atoms with Gasteiger partial charge in [0.15, 0.2) is 0 Å². The van der Waals surface area contributed by atoms with E-state index in [0.29, 0.717) is 0 Å². The second-order valence-electron chi connectivity index (χ2n) is 2.34. The molecule has 0 nitrogen and oxygen atoms in total. The minimum absolute atomic E-state index is 0.0454. The summed E-state index contributed by atoms with van der Waals surface area (Å²) in [5.74, 6) is 0. The van der Waals surface area contributed by atoms with Crippen LogP contribution >= 0.6 is 0 Å². The molecule has 0 atom stereocenters. The molecule has 1 aromatic carbocycles. The molecule has 1 aliphatic rings. The van der Waals surface area contributed by atoms with Gasteiger partial charge < -0.3 is 0 Å². The number of hydrogen-bond donors (Lipinski definition) is 0. The van der Waals surface area contributed by atoms with E-state index in [2.05, 4.69) is 46.6 Å². The molecule has 0 radical (unpaired) electrons. The molecule has 1 heterocycles. The van der Waals surface area contributed by atoms with Gasteiger partial charge in [0.1, 0.15) is 0 Å². The van der Waals surface area contributed by atoms with Gasteiger partial charge in [-0.2, -0.15) is 0 Å². The van der Waals surface area contributed by atoms with Gasteiger partial charge in [0.05, 0.1) is 0 Å². The van der Waals surface area contributed by atoms with Crippen molar-refractivity contribution in [1.82, 2.24) is 0 Å². The molecule has 54 valence electrons. The van der Waals surface area contributed by atoms with Crippen LogP contribution in [0.3, 0.4) is 0 Å². The summed E-state index contributed by atoms with van der Waals surface area (Å²) in [6.07, 6.45) is 6.46. The van der Waals surface area contributed by atoms with Crippen LogP contribution in [0.5, 0.6) is 0 Å². The molecule has 1 aromatic rings. The van der Waals surface area contributed by atoms with Crippen LogP contribution in [-0.2, 0) is 0 Å². The molecule has 0 saturated heterocycles. The van der Waals surface area contributed by atoms with Crippen LogP contribution in [-0.4, -0.2) is 20.9 Å². The van der Waals surface area contributed by atoms with Gasteiger partial charge in [-0.15, -0.1) is 0 Å². The van der Waals surface area contributed by atoms with Crippen molar-refractivity contribution in [3.05, 3.63) is 46.1 Å². The van der Waals surface area contributed by atoms with Gasteiger partial charge in [-0.1, -0.05) is 0 Å². The van der Waals surface area contributed by atoms with E-state index in [9.17, 15) is 0 Å². The first kappa shape index (κ1) is 7.16. The Hall–Kier alpha value is -0.510. The zero-order chi connectivity index (χ0) is 7.52. The number of hydrogen-bond acceptors (Lipinski definition) is 0. The Balaban J connectivity index is 2.52. The molecule has 1 aliphatic heterocycles.